The average molecular weight is 689 g/mol. The molecule has 0 aromatic heterocycles. The minimum Gasteiger partial charge on any atom is -0.368 e. The second kappa shape index (κ2) is 20.6. The van der Waals surface area contributed by atoms with E-state index in [2.05, 4.69) is 42.5 Å². The van der Waals surface area contributed by atoms with Gasteiger partial charge in [-0.05, 0) is 31.4 Å². The maximum Gasteiger partial charge on any atom is 0.243 e. The highest BCUT2D eigenvalue weighted by Gasteiger charge is 2.31. The van der Waals surface area contributed by atoms with Crippen LogP contribution in [-0.2, 0) is 49.6 Å². The van der Waals surface area contributed by atoms with Crippen LogP contribution < -0.4 is 54.0 Å². The Labute approximate surface area is 282 Å². The first-order chi connectivity index (χ1) is 23.3. The number of amides is 9. The molecule has 2 rings (SSSR count). The summed E-state index contributed by atoms with van der Waals surface area (Å²) in [5, 5.41) is 19.5. The van der Waals surface area contributed by atoms with Gasteiger partial charge in [-0.1, -0.05) is 30.3 Å². The molecule has 19 nitrogen and oxygen atoms in total. The fraction of sp³-hybridized carbons (Fsp3) is 0.500. The molecule has 1 aliphatic rings. The van der Waals surface area contributed by atoms with Gasteiger partial charge in [0.1, 0.15) is 24.2 Å². The number of benzene rings is 1. The van der Waals surface area contributed by atoms with Crippen molar-refractivity contribution in [1.82, 2.24) is 42.5 Å². The third-order valence-corrected chi connectivity index (χ3v) is 7.08. The van der Waals surface area contributed by atoms with Gasteiger partial charge < -0.3 is 54.0 Å². The minimum atomic E-state index is -1.34. The van der Waals surface area contributed by atoms with Crippen molar-refractivity contribution in [1.29, 1.82) is 0 Å². The second-order valence-corrected chi connectivity index (χ2v) is 11.1. The van der Waals surface area contributed by atoms with Crippen LogP contribution in [0.5, 0.6) is 0 Å². The first-order valence-corrected chi connectivity index (χ1v) is 15.6. The summed E-state index contributed by atoms with van der Waals surface area (Å²) >= 11 is 0. The molecule has 49 heavy (non-hydrogen) atoms. The van der Waals surface area contributed by atoms with E-state index in [0.717, 1.165) is 0 Å². The Morgan fingerprint density at radius 2 is 1.51 bits per heavy atom. The molecule has 0 bridgehead atoms. The molecule has 9 amide bonds. The van der Waals surface area contributed by atoms with Crippen molar-refractivity contribution in [3.63, 3.8) is 0 Å². The molecule has 1 saturated heterocycles. The van der Waals surface area contributed by atoms with Gasteiger partial charge in [0, 0.05) is 26.3 Å². The first-order valence-electron chi connectivity index (χ1n) is 15.6. The van der Waals surface area contributed by atoms with Gasteiger partial charge in [0.25, 0.3) is 0 Å². The highest BCUT2D eigenvalue weighted by atomic mass is 16.2. The van der Waals surface area contributed by atoms with Crippen LogP contribution in [0.1, 0.15) is 38.2 Å². The largest absolute Gasteiger partial charge is 0.368 e. The summed E-state index contributed by atoms with van der Waals surface area (Å²) < 4.78 is 0. The van der Waals surface area contributed by atoms with Gasteiger partial charge in [-0.3, -0.25) is 43.2 Å². The van der Waals surface area contributed by atoms with Crippen molar-refractivity contribution in [3.05, 3.63) is 35.9 Å². The Morgan fingerprint density at radius 3 is 2.16 bits per heavy atom. The number of nitrogens with one attached hydrogen (secondary N) is 8. The molecule has 4 atom stereocenters. The van der Waals surface area contributed by atoms with E-state index < -0.39 is 97.0 Å². The van der Waals surface area contributed by atoms with Crippen molar-refractivity contribution >= 4 is 53.2 Å². The first kappa shape index (κ1) is 39.6. The van der Waals surface area contributed by atoms with E-state index in [-0.39, 0.29) is 45.2 Å². The van der Waals surface area contributed by atoms with Crippen molar-refractivity contribution < 1.29 is 43.2 Å². The summed E-state index contributed by atoms with van der Waals surface area (Å²) in [5.74, 6) is -6.59. The molecule has 268 valence electrons. The molecule has 1 heterocycles. The predicted molar refractivity (Wildman–Crippen MR) is 172 cm³/mol. The topological polar surface area (TPSA) is 302 Å². The van der Waals surface area contributed by atoms with Crippen LogP contribution in [0.2, 0.25) is 0 Å². The van der Waals surface area contributed by atoms with Gasteiger partial charge in [-0.15, -0.1) is 0 Å². The maximum absolute atomic E-state index is 13.5. The Morgan fingerprint density at radius 1 is 0.816 bits per heavy atom. The predicted octanol–water partition coefficient (Wildman–Crippen LogP) is -5.33. The molecule has 0 radical (unpaired) electrons. The van der Waals surface area contributed by atoms with Gasteiger partial charge in [0.15, 0.2) is 0 Å². The Bertz CT molecular complexity index is 1370. The number of carbonyl (C=O) groups excluding carboxylic acids is 9. The van der Waals surface area contributed by atoms with Gasteiger partial charge in [-0.2, -0.15) is 0 Å². The monoisotopic (exact) mass is 688 g/mol. The van der Waals surface area contributed by atoms with E-state index in [0.29, 0.717) is 5.56 Å². The van der Waals surface area contributed by atoms with E-state index >= 15 is 0 Å². The summed E-state index contributed by atoms with van der Waals surface area (Å²) in [6.07, 6.45) is -0.739. The Kier molecular flexibility index (Phi) is 16.6. The van der Waals surface area contributed by atoms with Crippen molar-refractivity contribution in [2.24, 2.45) is 11.5 Å². The zero-order valence-corrected chi connectivity index (χ0v) is 27.1. The quantitative estimate of drug-likeness (QED) is 0.111. The normalized spacial score (nSPS) is 21.5. The highest BCUT2D eigenvalue weighted by molar-refractivity contribution is 5.96. The number of hydrogen-bond acceptors (Lipinski definition) is 10. The molecule has 0 aliphatic carbocycles. The van der Waals surface area contributed by atoms with Gasteiger partial charge in [0.2, 0.25) is 53.2 Å². The van der Waals surface area contributed by atoms with Crippen LogP contribution in [0, 0.1) is 0 Å². The van der Waals surface area contributed by atoms with Crippen LogP contribution in [0.15, 0.2) is 30.3 Å². The van der Waals surface area contributed by atoms with Crippen molar-refractivity contribution in [2.75, 3.05) is 32.7 Å². The van der Waals surface area contributed by atoms with Crippen molar-refractivity contribution in [2.45, 2.75) is 63.2 Å². The zero-order chi connectivity index (χ0) is 36.3. The second-order valence-electron chi connectivity index (χ2n) is 11.1. The lowest BCUT2D eigenvalue weighted by Gasteiger charge is -2.25. The molecule has 1 aromatic rings. The fourth-order valence-corrected chi connectivity index (χ4v) is 4.58. The molecular formula is C30H44N10O9. The van der Waals surface area contributed by atoms with Crippen LogP contribution in [0.3, 0.4) is 0 Å². The van der Waals surface area contributed by atoms with E-state index in [1.807, 2.05) is 0 Å². The standard InChI is InChI=1S/C30H44N10O9/c1-17(41)34-15-25(44)37-19-7-8-24(43)33-12-10-21(27(46)35-14-23(32)42)38-26(45)16-36-28(47)22(13-18-5-3-2-4-6-18)40-30(49)20(9-11-31)39-29(19)48/h2-6,19-22H,7-16,31H2,1H3,(H2,32,42)(H,33,43)(H,34,41)(H,35,46)(H,36,47)(H,37,44)(H,38,45)(H,39,48)(H,40,49)/t19-,20-,21-,22+/m0/s1. The van der Waals surface area contributed by atoms with Crippen LogP contribution in [0.4, 0.5) is 0 Å². The number of rotatable bonds is 10. The van der Waals surface area contributed by atoms with Gasteiger partial charge in [0.05, 0.1) is 19.6 Å². The molecule has 0 spiro atoms. The third-order valence-electron chi connectivity index (χ3n) is 7.08. The Hall–Kier alpha value is -5.59. The Balaban J connectivity index is 2.40. The average Bonchev–Trinajstić information content (AvgIpc) is 3.05. The van der Waals surface area contributed by atoms with Gasteiger partial charge >= 0.3 is 0 Å². The SMILES string of the molecule is CC(=O)NCC(=O)N[C@H]1CCC(=O)NCC[C@@H](C(=O)NCC(N)=O)NC(=O)CNC(=O)[C@@H](Cc2ccccc2)NC(=O)[C@H](CCN)NC1=O. The van der Waals surface area contributed by atoms with Crippen molar-refractivity contribution in [3.8, 4) is 0 Å². The fourth-order valence-electron chi connectivity index (χ4n) is 4.58. The van der Waals surface area contributed by atoms with Crippen LogP contribution in [-0.4, -0.2) is 110 Å². The summed E-state index contributed by atoms with van der Waals surface area (Å²) in [4.78, 5) is 113. The van der Waals surface area contributed by atoms with E-state index in [9.17, 15) is 43.2 Å². The zero-order valence-electron chi connectivity index (χ0n) is 27.1. The molecule has 0 saturated carbocycles. The maximum atomic E-state index is 13.5. The number of carbonyl (C=O) groups is 9. The summed E-state index contributed by atoms with van der Waals surface area (Å²) in [6.45, 7) is -0.570. The lowest BCUT2D eigenvalue weighted by Crippen LogP contribution is -2.58. The van der Waals surface area contributed by atoms with Crippen LogP contribution in [0.25, 0.3) is 0 Å². The molecular weight excluding hydrogens is 644 g/mol. The van der Waals surface area contributed by atoms with Crippen LogP contribution >= 0.6 is 0 Å². The van der Waals surface area contributed by atoms with E-state index in [1.165, 1.54) is 6.92 Å². The van der Waals surface area contributed by atoms with E-state index in [1.54, 1.807) is 30.3 Å². The minimum absolute atomic E-state index is 0.00289. The molecule has 1 aromatic carbocycles. The third kappa shape index (κ3) is 15.2. The summed E-state index contributed by atoms with van der Waals surface area (Å²) in [5.41, 5.74) is 11.5. The van der Waals surface area contributed by atoms with E-state index in [4.69, 9.17) is 11.5 Å². The highest BCUT2D eigenvalue weighted by Crippen LogP contribution is 2.06. The molecule has 0 unspecified atom stereocenters. The van der Waals surface area contributed by atoms with Gasteiger partial charge in [-0.25, -0.2) is 0 Å². The number of nitrogens with two attached hydrogens (primary N) is 2. The number of hydrogen-bond donors (Lipinski definition) is 10. The number of primary amides is 1. The smallest absolute Gasteiger partial charge is 0.243 e. The lowest BCUT2D eigenvalue weighted by molar-refractivity contribution is -0.134. The lowest BCUT2D eigenvalue weighted by atomic mass is 10.0. The molecule has 12 N–H and O–H groups in total. The molecule has 1 aliphatic heterocycles. The molecule has 19 heteroatoms. The summed E-state index contributed by atoms with van der Waals surface area (Å²) in [6, 6.07) is 3.57. The molecule has 1 fully saturated rings. The summed E-state index contributed by atoms with van der Waals surface area (Å²) in [7, 11) is 0.